The Labute approximate surface area is 143 Å². The van der Waals surface area contributed by atoms with Crippen molar-refractivity contribution < 1.29 is 9.52 Å². The maximum Gasteiger partial charge on any atom is 0.209 e. The van der Waals surface area contributed by atoms with Gasteiger partial charge in [-0.3, -0.25) is 4.90 Å². The zero-order valence-corrected chi connectivity index (χ0v) is 13.6. The van der Waals surface area contributed by atoms with Crippen molar-refractivity contribution in [3.63, 3.8) is 0 Å². The van der Waals surface area contributed by atoms with E-state index in [0.717, 1.165) is 12.1 Å². The quantitative estimate of drug-likeness (QED) is 0.753. The van der Waals surface area contributed by atoms with Gasteiger partial charge in [0, 0.05) is 18.7 Å². The molecule has 0 bridgehead atoms. The van der Waals surface area contributed by atoms with Gasteiger partial charge >= 0.3 is 0 Å². The largest absolute Gasteiger partial charge is 0.439 e. The third kappa shape index (κ3) is 2.82. The highest BCUT2D eigenvalue weighted by Crippen LogP contribution is 2.32. The number of aliphatic hydroxyl groups is 1. The smallest absolute Gasteiger partial charge is 0.209 e. The average molecular weight is 346 g/mol. The summed E-state index contributed by atoms with van der Waals surface area (Å²) < 4.78 is 5.82. The lowest BCUT2D eigenvalue weighted by atomic mass is 10.0. The standard InChI is InChI=1S/C16H16ClN5O2/c17-12-4-2-1-3-11(12)13-7-18-15(24-13)9-22-6-5-16(23,10-22)14-8-19-21-20-14/h1-4,7-8,23H,5-6,9-10H2,(H,19,20,21). The number of hydrogen-bond acceptors (Lipinski definition) is 6. The Bertz CT molecular complexity index is 835. The Morgan fingerprint density at radius 1 is 1.33 bits per heavy atom. The molecule has 1 atom stereocenters. The molecule has 1 unspecified atom stereocenters. The van der Waals surface area contributed by atoms with Crippen molar-refractivity contribution in [1.29, 1.82) is 0 Å². The van der Waals surface area contributed by atoms with Crippen LogP contribution in [0.5, 0.6) is 0 Å². The highest BCUT2D eigenvalue weighted by molar-refractivity contribution is 6.33. The lowest BCUT2D eigenvalue weighted by molar-refractivity contribution is 0.0400. The Morgan fingerprint density at radius 3 is 3.00 bits per heavy atom. The zero-order chi connectivity index (χ0) is 16.6. The molecule has 124 valence electrons. The molecule has 1 aliphatic rings. The van der Waals surface area contributed by atoms with Crippen LogP contribution in [0.25, 0.3) is 11.3 Å². The van der Waals surface area contributed by atoms with Gasteiger partial charge in [0.2, 0.25) is 5.89 Å². The molecule has 24 heavy (non-hydrogen) atoms. The fourth-order valence-electron chi connectivity index (χ4n) is 3.00. The molecule has 0 aliphatic carbocycles. The minimum atomic E-state index is -0.981. The number of nitrogens with one attached hydrogen (secondary N) is 1. The molecule has 0 radical (unpaired) electrons. The van der Waals surface area contributed by atoms with Gasteiger partial charge in [0.15, 0.2) is 5.76 Å². The van der Waals surface area contributed by atoms with E-state index in [1.165, 1.54) is 0 Å². The molecule has 0 amide bonds. The minimum Gasteiger partial charge on any atom is -0.439 e. The van der Waals surface area contributed by atoms with Crippen LogP contribution in [0.2, 0.25) is 5.02 Å². The van der Waals surface area contributed by atoms with Crippen molar-refractivity contribution in [2.45, 2.75) is 18.6 Å². The van der Waals surface area contributed by atoms with Crippen LogP contribution < -0.4 is 0 Å². The number of halogens is 1. The number of aromatic amines is 1. The maximum absolute atomic E-state index is 10.7. The molecule has 7 nitrogen and oxygen atoms in total. The molecule has 0 saturated carbocycles. The molecule has 1 saturated heterocycles. The zero-order valence-electron chi connectivity index (χ0n) is 12.8. The second kappa shape index (κ2) is 6.01. The van der Waals surface area contributed by atoms with E-state index in [-0.39, 0.29) is 0 Å². The van der Waals surface area contributed by atoms with Gasteiger partial charge in [-0.15, -0.1) is 0 Å². The van der Waals surface area contributed by atoms with Gasteiger partial charge in [-0.2, -0.15) is 15.4 Å². The highest BCUT2D eigenvalue weighted by atomic mass is 35.5. The van der Waals surface area contributed by atoms with Gasteiger partial charge in [0.25, 0.3) is 0 Å². The molecule has 2 aromatic heterocycles. The van der Waals surface area contributed by atoms with Crippen molar-refractivity contribution in [1.82, 2.24) is 25.3 Å². The average Bonchev–Trinajstić information content (AvgIpc) is 3.30. The van der Waals surface area contributed by atoms with Gasteiger partial charge in [0.05, 0.1) is 24.0 Å². The van der Waals surface area contributed by atoms with Crippen LogP contribution in [0.3, 0.4) is 0 Å². The van der Waals surface area contributed by atoms with E-state index >= 15 is 0 Å². The molecule has 3 aromatic rings. The van der Waals surface area contributed by atoms with Crippen molar-refractivity contribution in [3.05, 3.63) is 53.3 Å². The summed E-state index contributed by atoms with van der Waals surface area (Å²) in [6.45, 7) is 1.71. The SMILES string of the molecule is OC1(c2cn[nH]n2)CCN(Cc2ncc(-c3ccccc3Cl)o2)C1. The Balaban J connectivity index is 1.47. The number of hydrogen-bond donors (Lipinski definition) is 2. The summed E-state index contributed by atoms with van der Waals surface area (Å²) in [7, 11) is 0. The van der Waals surface area contributed by atoms with Crippen LogP contribution in [-0.2, 0) is 12.1 Å². The Hall–Kier alpha value is -2.22. The molecular weight excluding hydrogens is 330 g/mol. The van der Waals surface area contributed by atoms with E-state index in [0.29, 0.717) is 41.9 Å². The Morgan fingerprint density at radius 2 is 2.21 bits per heavy atom. The number of oxazole rings is 1. The second-order valence-electron chi connectivity index (χ2n) is 5.95. The number of likely N-dealkylation sites (tertiary alicyclic amines) is 1. The molecule has 1 fully saturated rings. The van der Waals surface area contributed by atoms with Crippen LogP contribution in [0.15, 0.2) is 41.1 Å². The second-order valence-corrected chi connectivity index (χ2v) is 6.35. The first-order valence-corrected chi connectivity index (χ1v) is 8.02. The maximum atomic E-state index is 10.7. The first kappa shape index (κ1) is 15.3. The van der Waals surface area contributed by atoms with E-state index in [1.54, 1.807) is 12.4 Å². The number of H-pyrrole nitrogens is 1. The number of β-amino-alcohol motifs (C(OH)–C–C–N with tert-alkyl or cyclic N) is 1. The summed E-state index contributed by atoms with van der Waals surface area (Å²) in [5.41, 5.74) is 0.401. The molecule has 8 heteroatoms. The predicted molar refractivity (Wildman–Crippen MR) is 87.1 cm³/mol. The Kier molecular flexibility index (Phi) is 3.84. The number of nitrogens with zero attached hydrogens (tertiary/aromatic N) is 4. The van der Waals surface area contributed by atoms with E-state index < -0.39 is 5.60 Å². The van der Waals surface area contributed by atoms with Crippen molar-refractivity contribution >= 4 is 11.6 Å². The lowest BCUT2D eigenvalue weighted by Crippen LogP contribution is -2.31. The fourth-order valence-corrected chi connectivity index (χ4v) is 3.23. The number of rotatable bonds is 4. The third-order valence-electron chi connectivity index (χ3n) is 4.27. The van der Waals surface area contributed by atoms with Gasteiger partial charge < -0.3 is 9.52 Å². The van der Waals surface area contributed by atoms with Crippen LogP contribution in [0, 0.1) is 0 Å². The predicted octanol–water partition coefficient (Wildman–Crippen LogP) is 2.21. The molecule has 1 aromatic carbocycles. The highest BCUT2D eigenvalue weighted by Gasteiger charge is 2.40. The van der Waals surface area contributed by atoms with E-state index in [1.807, 2.05) is 24.3 Å². The monoisotopic (exact) mass is 345 g/mol. The lowest BCUT2D eigenvalue weighted by Gasteiger charge is -2.20. The summed E-state index contributed by atoms with van der Waals surface area (Å²) in [5, 5.41) is 21.6. The van der Waals surface area contributed by atoms with Gasteiger partial charge in [0.1, 0.15) is 11.3 Å². The summed E-state index contributed by atoms with van der Waals surface area (Å²) in [6.07, 6.45) is 3.83. The topological polar surface area (TPSA) is 91.1 Å². The van der Waals surface area contributed by atoms with E-state index in [4.69, 9.17) is 16.0 Å². The van der Waals surface area contributed by atoms with Gasteiger partial charge in [-0.25, -0.2) is 4.98 Å². The molecule has 3 heterocycles. The first-order chi connectivity index (χ1) is 11.6. The molecule has 2 N–H and O–H groups in total. The summed E-state index contributed by atoms with van der Waals surface area (Å²) in [6, 6.07) is 7.49. The molecule has 0 spiro atoms. The summed E-state index contributed by atoms with van der Waals surface area (Å²) >= 11 is 6.19. The number of benzene rings is 1. The summed E-state index contributed by atoms with van der Waals surface area (Å²) in [4.78, 5) is 6.41. The fraction of sp³-hybridized carbons (Fsp3) is 0.312. The van der Waals surface area contributed by atoms with Crippen molar-refractivity contribution in [2.75, 3.05) is 13.1 Å². The molecule has 4 rings (SSSR count). The van der Waals surface area contributed by atoms with Crippen molar-refractivity contribution in [3.8, 4) is 11.3 Å². The van der Waals surface area contributed by atoms with E-state index in [2.05, 4.69) is 25.3 Å². The van der Waals surface area contributed by atoms with Gasteiger partial charge in [-0.1, -0.05) is 23.7 Å². The number of aromatic nitrogens is 4. The van der Waals surface area contributed by atoms with Crippen LogP contribution in [-0.4, -0.2) is 43.5 Å². The van der Waals surface area contributed by atoms with Crippen LogP contribution in [0.4, 0.5) is 0 Å². The van der Waals surface area contributed by atoms with Gasteiger partial charge in [-0.05, 0) is 18.6 Å². The minimum absolute atomic E-state index is 0.462. The van der Waals surface area contributed by atoms with Crippen LogP contribution >= 0.6 is 11.6 Å². The third-order valence-corrected chi connectivity index (χ3v) is 4.60. The summed E-state index contributed by atoms with van der Waals surface area (Å²) in [5.74, 6) is 1.23. The molecular formula is C16H16ClN5O2. The van der Waals surface area contributed by atoms with E-state index in [9.17, 15) is 5.11 Å². The van der Waals surface area contributed by atoms with Crippen LogP contribution in [0.1, 0.15) is 18.0 Å². The normalized spacial score (nSPS) is 21.4. The first-order valence-electron chi connectivity index (χ1n) is 7.65. The molecule has 1 aliphatic heterocycles. The van der Waals surface area contributed by atoms with Crippen molar-refractivity contribution in [2.24, 2.45) is 0 Å².